The molecule has 0 amide bonds. The van der Waals surface area contributed by atoms with Crippen molar-refractivity contribution in [3.63, 3.8) is 0 Å². The summed E-state index contributed by atoms with van der Waals surface area (Å²) in [4.78, 5) is 4.65. The molecule has 6 nitrogen and oxygen atoms in total. The number of rotatable bonds is 8. The highest BCUT2D eigenvalue weighted by molar-refractivity contribution is 5.43. The third-order valence-corrected chi connectivity index (χ3v) is 4.69. The van der Waals surface area contributed by atoms with Crippen molar-refractivity contribution in [3.05, 3.63) is 47.6 Å². The van der Waals surface area contributed by atoms with Gasteiger partial charge in [-0.2, -0.15) is 5.10 Å². The van der Waals surface area contributed by atoms with E-state index < -0.39 is 0 Å². The first kappa shape index (κ1) is 19.4. The molecule has 0 saturated heterocycles. The van der Waals surface area contributed by atoms with E-state index in [0.717, 1.165) is 54.7 Å². The molecule has 1 aliphatic heterocycles. The van der Waals surface area contributed by atoms with E-state index in [1.54, 1.807) is 7.11 Å². The van der Waals surface area contributed by atoms with Crippen LogP contribution in [0.15, 0.2) is 30.4 Å². The molecule has 2 heterocycles. The van der Waals surface area contributed by atoms with Crippen molar-refractivity contribution in [1.82, 2.24) is 20.1 Å². The smallest absolute Gasteiger partial charge is 0.161 e. The minimum absolute atomic E-state index is 0.367. The van der Waals surface area contributed by atoms with Gasteiger partial charge in [-0.3, -0.25) is 0 Å². The predicted molar refractivity (Wildman–Crippen MR) is 106 cm³/mol. The lowest BCUT2D eigenvalue weighted by molar-refractivity contribution is 0.318. The second kappa shape index (κ2) is 8.57. The maximum atomic E-state index is 5.82. The van der Waals surface area contributed by atoms with Gasteiger partial charge in [-0.25, -0.2) is 9.67 Å². The van der Waals surface area contributed by atoms with Crippen molar-refractivity contribution >= 4 is 0 Å². The lowest BCUT2D eigenvalue weighted by Crippen LogP contribution is -2.37. The predicted octanol–water partition coefficient (Wildman–Crippen LogP) is 3.47. The number of hydrogen-bond donors (Lipinski definition) is 1. The molecule has 3 rings (SSSR count). The van der Waals surface area contributed by atoms with E-state index in [9.17, 15) is 0 Å². The summed E-state index contributed by atoms with van der Waals surface area (Å²) in [6.45, 7) is 12.2. The SMILES string of the molecule is C=C(C)COc1cc(CNC2CCc3nc(C(C)C)nn3C2)ccc1OC. The standard InChI is InChI=1S/C21H30N4O2/c1-14(2)13-27-19-10-16(6-8-18(19)26-5)11-22-17-7-9-20-23-21(15(3)4)24-25(20)12-17/h6,8,10,15,17,22H,1,7,9,11-13H2,2-5H3. The van der Waals surface area contributed by atoms with E-state index >= 15 is 0 Å². The summed E-state index contributed by atoms with van der Waals surface area (Å²) < 4.78 is 13.3. The van der Waals surface area contributed by atoms with E-state index in [1.165, 1.54) is 5.56 Å². The van der Waals surface area contributed by atoms with Crippen LogP contribution < -0.4 is 14.8 Å². The number of hydrogen-bond acceptors (Lipinski definition) is 5. The maximum absolute atomic E-state index is 5.82. The topological polar surface area (TPSA) is 61.2 Å². The van der Waals surface area contributed by atoms with Crippen LogP contribution in [0.5, 0.6) is 11.5 Å². The second-order valence-electron chi connectivity index (χ2n) is 7.57. The van der Waals surface area contributed by atoms with E-state index in [0.29, 0.717) is 18.6 Å². The van der Waals surface area contributed by atoms with Crippen LogP contribution in [0, 0.1) is 0 Å². The number of fused-ring (bicyclic) bond motifs is 1. The molecule has 1 aromatic carbocycles. The fourth-order valence-corrected chi connectivity index (χ4v) is 3.15. The molecule has 6 heteroatoms. The molecular weight excluding hydrogens is 340 g/mol. The number of nitrogens with one attached hydrogen (secondary N) is 1. The Morgan fingerprint density at radius 2 is 2.19 bits per heavy atom. The molecule has 1 atom stereocenters. The van der Waals surface area contributed by atoms with Crippen molar-refractivity contribution in [1.29, 1.82) is 0 Å². The van der Waals surface area contributed by atoms with Crippen LogP contribution in [0.2, 0.25) is 0 Å². The summed E-state index contributed by atoms with van der Waals surface area (Å²) in [7, 11) is 1.66. The van der Waals surface area contributed by atoms with Gasteiger partial charge in [0.15, 0.2) is 17.3 Å². The number of aryl methyl sites for hydroxylation is 1. The average Bonchev–Trinajstić information content (AvgIpc) is 3.08. The molecule has 0 aliphatic carbocycles. The molecule has 0 spiro atoms. The Bertz CT molecular complexity index is 797. The monoisotopic (exact) mass is 370 g/mol. The van der Waals surface area contributed by atoms with Crippen LogP contribution >= 0.6 is 0 Å². The highest BCUT2D eigenvalue weighted by atomic mass is 16.5. The summed E-state index contributed by atoms with van der Waals surface area (Å²) in [5.74, 6) is 3.91. The zero-order valence-corrected chi connectivity index (χ0v) is 16.8. The summed E-state index contributed by atoms with van der Waals surface area (Å²) in [5.41, 5.74) is 2.15. The van der Waals surface area contributed by atoms with Gasteiger partial charge in [0.25, 0.3) is 0 Å². The molecule has 0 fully saturated rings. The van der Waals surface area contributed by atoms with Crippen LogP contribution in [0.1, 0.15) is 50.3 Å². The maximum Gasteiger partial charge on any atom is 0.161 e. The van der Waals surface area contributed by atoms with Gasteiger partial charge in [0.05, 0.1) is 13.7 Å². The van der Waals surface area contributed by atoms with Crippen molar-refractivity contribution < 1.29 is 9.47 Å². The summed E-state index contributed by atoms with van der Waals surface area (Å²) in [6.07, 6.45) is 2.04. The number of methoxy groups -OCH3 is 1. The van der Waals surface area contributed by atoms with Crippen molar-refractivity contribution in [3.8, 4) is 11.5 Å². The normalized spacial score (nSPS) is 16.3. The molecule has 0 radical (unpaired) electrons. The summed E-state index contributed by atoms with van der Waals surface area (Å²) >= 11 is 0. The van der Waals surface area contributed by atoms with Gasteiger partial charge >= 0.3 is 0 Å². The minimum Gasteiger partial charge on any atom is -0.493 e. The molecule has 1 aliphatic rings. The van der Waals surface area contributed by atoms with Gasteiger partial charge in [-0.15, -0.1) is 0 Å². The van der Waals surface area contributed by atoms with Crippen LogP contribution in [0.4, 0.5) is 0 Å². The van der Waals surface area contributed by atoms with E-state index in [4.69, 9.17) is 9.47 Å². The first-order valence-corrected chi connectivity index (χ1v) is 9.57. The molecule has 27 heavy (non-hydrogen) atoms. The Morgan fingerprint density at radius 1 is 1.37 bits per heavy atom. The van der Waals surface area contributed by atoms with Gasteiger partial charge in [0.1, 0.15) is 12.4 Å². The second-order valence-corrected chi connectivity index (χ2v) is 7.57. The molecule has 1 unspecified atom stereocenters. The molecule has 1 N–H and O–H groups in total. The first-order valence-electron chi connectivity index (χ1n) is 9.57. The highest BCUT2D eigenvalue weighted by Crippen LogP contribution is 2.28. The fraction of sp³-hybridized carbons (Fsp3) is 0.524. The van der Waals surface area contributed by atoms with Crippen molar-refractivity contribution in [2.75, 3.05) is 13.7 Å². The van der Waals surface area contributed by atoms with Crippen molar-refractivity contribution in [2.45, 2.75) is 58.7 Å². The molecule has 2 aromatic rings. The Labute approximate surface area is 161 Å². The van der Waals surface area contributed by atoms with Crippen LogP contribution in [-0.2, 0) is 19.5 Å². The fourth-order valence-electron chi connectivity index (χ4n) is 3.15. The van der Waals surface area contributed by atoms with Crippen LogP contribution in [0.25, 0.3) is 0 Å². The Hall–Kier alpha value is -2.34. The average molecular weight is 370 g/mol. The van der Waals surface area contributed by atoms with E-state index in [1.807, 2.05) is 19.1 Å². The molecular formula is C21H30N4O2. The third kappa shape index (κ3) is 4.89. The Morgan fingerprint density at radius 3 is 2.89 bits per heavy atom. The number of aromatic nitrogens is 3. The minimum atomic E-state index is 0.367. The first-order chi connectivity index (χ1) is 13.0. The van der Waals surface area contributed by atoms with Crippen LogP contribution in [0.3, 0.4) is 0 Å². The zero-order valence-electron chi connectivity index (χ0n) is 16.8. The van der Waals surface area contributed by atoms with Crippen LogP contribution in [-0.4, -0.2) is 34.5 Å². The molecule has 146 valence electrons. The zero-order chi connectivity index (χ0) is 19.4. The summed E-state index contributed by atoms with van der Waals surface area (Å²) in [5, 5.41) is 8.30. The van der Waals surface area contributed by atoms with Gasteiger partial charge in [0, 0.05) is 24.9 Å². The lowest BCUT2D eigenvalue weighted by Gasteiger charge is -2.24. The van der Waals surface area contributed by atoms with Gasteiger partial charge in [-0.1, -0.05) is 26.5 Å². The van der Waals surface area contributed by atoms with E-state index in [2.05, 4.69) is 46.6 Å². The molecule has 1 aromatic heterocycles. The summed E-state index contributed by atoms with van der Waals surface area (Å²) in [6, 6.07) is 6.45. The quantitative estimate of drug-likeness (QED) is 0.721. The van der Waals surface area contributed by atoms with E-state index in [-0.39, 0.29) is 0 Å². The Kier molecular flexibility index (Phi) is 6.16. The largest absolute Gasteiger partial charge is 0.493 e. The van der Waals surface area contributed by atoms with Gasteiger partial charge < -0.3 is 14.8 Å². The molecule has 0 saturated carbocycles. The number of nitrogens with zero attached hydrogens (tertiary/aromatic N) is 3. The van der Waals surface area contributed by atoms with Gasteiger partial charge in [0.2, 0.25) is 0 Å². The van der Waals surface area contributed by atoms with Crippen molar-refractivity contribution in [2.24, 2.45) is 0 Å². The number of benzene rings is 1. The molecule has 0 bridgehead atoms. The third-order valence-electron chi connectivity index (χ3n) is 4.69. The Balaban J connectivity index is 1.61. The lowest BCUT2D eigenvalue weighted by atomic mass is 10.1. The number of ether oxygens (including phenoxy) is 2. The highest BCUT2D eigenvalue weighted by Gasteiger charge is 2.22. The van der Waals surface area contributed by atoms with Gasteiger partial charge in [-0.05, 0) is 36.6 Å².